The minimum Gasteiger partial charge on any atom is -0.376 e. The molecule has 2 saturated heterocycles. The van der Waals surface area contributed by atoms with E-state index in [0.717, 1.165) is 0 Å². The maximum Gasteiger partial charge on any atom is 0.225 e. The molecule has 1 aromatic rings. The van der Waals surface area contributed by atoms with E-state index in [1.54, 1.807) is 18.5 Å². The second-order valence-corrected chi connectivity index (χ2v) is 7.63. The van der Waals surface area contributed by atoms with E-state index in [2.05, 4.69) is 9.97 Å². The number of aromatic nitrogens is 2. The lowest BCUT2D eigenvalue weighted by Crippen LogP contribution is -2.59. The van der Waals surface area contributed by atoms with Crippen LogP contribution in [0.15, 0.2) is 18.5 Å². The van der Waals surface area contributed by atoms with Crippen molar-refractivity contribution < 1.29 is 17.9 Å². The minimum absolute atomic E-state index is 0.287. The van der Waals surface area contributed by atoms with Crippen LogP contribution in [0.5, 0.6) is 0 Å². The molecule has 0 bridgehead atoms. The Balaban J connectivity index is 1.82. The minimum atomic E-state index is -3.25. The molecule has 0 aliphatic carbocycles. The van der Waals surface area contributed by atoms with Crippen molar-refractivity contribution in [3.63, 3.8) is 0 Å². The van der Waals surface area contributed by atoms with E-state index in [4.69, 9.17) is 9.47 Å². The van der Waals surface area contributed by atoms with Gasteiger partial charge in [-0.25, -0.2) is 18.4 Å². The second kappa shape index (κ2) is 6.07. The molecule has 0 radical (unpaired) electrons. The summed E-state index contributed by atoms with van der Waals surface area (Å²) in [5.74, 6) is 0.604. The SMILES string of the molecule is CS(=O)(=O)N1CCO[C@@]2(COCCN(c3ncccn3)C2)C1. The quantitative estimate of drug-likeness (QED) is 0.713. The van der Waals surface area contributed by atoms with E-state index in [9.17, 15) is 8.42 Å². The first kappa shape index (κ1) is 15.6. The Bertz CT molecular complexity index is 612. The second-order valence-electron chi connectivity index (χ2n) is 5.65. The van der Waals surface area contributed by atoms with Gasteiger partial charge in [0.05, 0.1) is 32.6 Å². The smallest absolute Gasteiger partial charge is 0.225 e. The maximum atomic E-state index is 11.8. The molecule has 1 atom stereocenters. The molecule has 3 rings (SSSR count). The van der Waals surface area contributed by atoms with Crippen LogP contribution >= 0.6 is 0 Å². The molecular formula is C13H20N4O4S. The lowest BCUT2D eigenvalue weighted by Gasteiger charge is -2.42. The van der Waals surface area contributed by atoms with Gasteiger partial charge in [-0.1, -0.05) is 0 Å². The van der Waals surface area contributed by atoms with E-state index in [-0.39, 0.29) is 6.54 Å². The zero-order chi connectivity index (χ0) is 15.6. The van der Waals surface area contributed by atoms with Gasteiger partial charge in [0, 0.05) is 32.0 Å². The van der Waals surface area contributed by atoms with Crippen molar-refractivity contribution in [2.75, 3.05) is 57.2 Å². The Hall–Kier alpha value is -1.29. The van der Waals surface area contributed by atoms with Crippen molar-refractivity contribution in [1.82, 2.24) is 14.3 Å². The number of rotatable bonds is 2. The first-order valence-corrected chi connectivity index (χ1v) is 9.02. The number of hydrogen-bond donors (Lipinski definition) is 0. The third-order valence-corrected chi connectivity index (χ3v) is 5.12. The molecule has 0 saturated carbocycles. The normalized spacial score (nSPS) is 27.8. The lowest BCUT2D eigenvalue weighted by atomic mass is 10.0. The first-order chi connectivity index (χ1) is 10.5. The van der Waals surface area contributed by atoms with Crippen LogP contribution in [0.25, 0.3) is 0 Å². The third-order valence-electron chi connectivity index (χ3n) is 3.87. The summed E-state index contributed by atoms with van der Waals surface area (Å²) >= 11 is 0. The molecule has 2 aliphatic rings. The predicted molar refractivity (Wildman–Crippen MR) is 80.2 cm³/mol. The lowest BCUT2D eigenvalue weighted by molar-refractivity contribution is -0.116. The van der Waals surface area contributed by atoms with Gasteiger partial charge in [0.1, 0.15) is 5.60 Å². The van der Waals surface area contributed by atoms with Gasteiger partial charge in [-0.05, 0) is 6.07 Å². The molecule has 9 heteroatoms. The average molecular weight is 328 g/mol. The average Bonchev–Trinajstić information content (AvgIpc) is 2.70. The van der Waals surface area contributed by atoms with Crippen LogP contribution in [0.2, 0.25) is 0 Å². The molecule has 0 aromatic carbocycles. The third kappa shape index (κ3) is 3.37. The van der Waals surface area contributed by atoms with Gasteiger partial charge in [0.2, 0.25) is 16.0 Å². The fraction of sp³-hybridized carbons (Fsp3) is 0.692. The van der Waals surface area contributed by atoms with Crippen molar-refractivity contribution >= 4 is 16.0 Å². The summed E-state index contributed by atoms with van der Waals surface area (Å²) in [4.78, 5) is 10.5. The van der Waals surface area contributed by atoms with E-state index in [1.807, 2.05) is 4.90 Å². The van der Waals surface area contributed by atoms with Crippen molar-refractivity contribution in [3.05, 3.63) is 18.5 Å². The van der Waals surface area contributed by atoms with Gasteiger partial charge in [0.25, 0.3) is 0 Å². The van der Waals surface area contributed by atoms with Crippen LogP contribution in [0.3, 0.4) is 0 Å². The molecule has 22 heavy (non-hydrogen) atoms. The Morgan fingerprint density at radius 2 is 1.95 bits per heavy atom. The molecule has 0 amide bonds. The molecule has 0 N–H and O–H groups in total. The molecule has 3 heterocycles. The zero-order valence-electron chi connectivity index (χ0n) is 12.5. The largest absolute Gasteiger partial charge is 0.376 e. The van der Waals surface area contributed by atoms with Crippen molar-refractivity contribution in [1.29, 1.82) is 0 Å². The monoisotopic (exact) mass is 328 g/mol. The van der Waals surface area contributed by atoms with E-state index in [1.165, 1.54) is 10.6 Å². The predicted octanol–water partition coefficient (Wildman–Crippen LogP) is -0.656. The summed E-state index contributed by atoms with van der Waals surface area (Å²) in [7, 11) is -3.25. The summed E-state index contributed by atoms with van der Waals surface area (Å²) in [5, 5.41) is 0. The summed E-state index contributed by atoms with van der Waals surface area (Å²) < 4.78 is 36.7. The highest BCUT2D eigenvalue weighted by atomic mass is 32.2. The van der Waals surface area contributed by atoms with Crippen LogP contribution in [0.1, 0.15) is 0 Å². The number of morpholine rings is 1. The fourth-order valence-electron chi connectivity index (χ4n) is 2.81. The van der Waals surface area contributed by atoms with Gasteiger partial charge >= 0.3 is 0 Å². The van der Waals surface area contributed by atoms with Gasteiger partial charge in [-0.15, -0.1) is 0 Å². The number of ether oxygens (including phenoxy) is 2. The number of hydrogen-bond acceptors (Lipinski definition) is 7. The van der Waals surface area contributed by atoms with E-state index >= 15 is 0 Å². The summed E-state index contributed by atoms with van der Waals surface area (Å²) in [6.07, 6.45) is 4.60. The Labute approximate surface area is 130 Å². The van der Waals surface area contributed by atoms with Gasteiger partial charge < -0.3 is 14.4 Å². The van der Waals surface area contributed by atoms with Crippen LogP contribution in [0.4, 0.5) is 5.95 Å². The summed E-state index contributed by atoms with van der Waals surface area (Å²) in [5.41, 5.74) is -0.684. The summed E-state index contributed by atoms with van der Waals surface area (Å²) in [6.45, 7) is 3.07. The van der Waals surface area contributed by atoms with Gasteiger partial charge in [0.15, 0.2) is 0 Å². The molecule has 0 unspecified atom stereocenters. The molecule has 2 fully saturated rings. The van der Waals surface area contributed by atoms with Gasteiger partial charge in [-0.2, -0.15) is 4.31 Å². The summed E-state index contributed by atoms with van der Waals surface area (Å²) in [6, 6.07) is 1.76. The standard InChI is InChI=1S/C13H20N4O4S/c1-22(18,19)17-6-8-21-13(10-17)9-16(5-7-20-11-13)12-14-3-2-4-15-12/h2-4H,5-11H2,1H3/t13-/m1/s1. The Morgan fingerprint density at radius 3 is 2.68 bits per heavy atom. The number of nitrogens with zero attached hydrogens (tertiary/aromatic N) is 4. The number of anilines is 1. The van der Waals surface area contributed by atoms with Crippen molar-refractivity contribution in [3.8, 4) is 0 Å². The highest BCUT2D eigenvalue weighted by Gasteiger charge is 2.43. The zero-order valence-corrected chi connectivity index (χ0v) is 13.3. The highest BCUT2D eigenvalue weighted by molar-refractivity contribution is 7.88. The molecule has 8 nitrogen and oxygen atoms in total. The molecule has 2 aliphatic heterocycles. The maximum absolute atomic E-state index is 11.8. The molecular weight excluding hydrogens is 308 g/mol. The Kier molecular flexibility index (Phi) is 4.31. The van der Waals surface area contributed by atoms with Crippen molar-refractivity contribution in [2.24, 2.45) is 0 Å². The van der Waals surface area contributed by atoms with Crippen molar-refractivity contribution in [2.45, 2.75) is 5.60 Å². The molecule has 122 valence electrons. The Morgan fingerprint density at radius 1 is 1.18 bits per heavy atom. The topological polar surface area (TPSA) is 84.9 Å². The van der Waals surface area contributed by atoms with E-state index in [0.29, 0.717) is 45.4 Å². The molecule has 1 aromatic heterocycles. The van der Waals surface area contributed by atoms with Crippen LogP contribution in [-0.4, -0.2) is 80.5 Å². The van der Waals surface area contributed by atoms with E-state index < -0.39 is 15.6 Å². The first-order valence-electron chi connectivity index (χ1n) is 7.17. The fourth-order valence-corrected chi connectivity index (χ4v) is 3.68. The molecule has 1 spiro atoms. The number of sulfonamides is 1. The van der Waals surface area contributed by atoms with Crippen LogP contribution in [-0.2, 0) is 19.5 Å². The van der Waals surface area contributed by atoms with Crippen LogP contribution < -0.4 is 4.90 Å². The highest BCUT2D eigenvalue weighted by Crippen LogP contribution is 2.25. The van der Waals surface area contributed by atoms with Crippen LogP contribution in [0, 0.1) is 0 Å². The van der Waals surface area contributed by atoms with Gasteiger partial charge in [-0.3, -0.25) is 0 Å².